The summed E-state index contributed by atoms with van der Waals surface area (Å²) in [5, 5.41) is 13.0. The number of hydrogen-bond donors (Lipinski definition) is 2. The smallest absolute Gasteiger partial charge is 0.347 e. The van der Waals surface area contributed by atoms with Crippen LogP contribution in [0.1, 0.15) is 44.4 Å². The number of carboxylic acids is 1. The van der Waals surface area contributed by atoms with Crippen molar-refractivity contribution in [2.24, 2.45) is 0 Å². The molecular weight excluding hydrogens is 444 g/mol. The number of para-hydroxylation sites is 2. The van der Waals surface area contributed by atoms with Crippen molar-refractivity contribution in [1.82, 2.24) is 10.3 Å². The Bertz CT molecular complexity index is 1290. The molecule has 1 atom stereocenters. The van der Waals surface area contributed by atoms with Gasteiger partial charge in [0.1, 0.15) is 17.0 Å². The number of rotatable bonds is 10. The molecule has 7 heteroatoms. The lowest BCUT2D eigenvalue weighted by molar-refractivity contribution is -0.152. The normalized spacial score (nSPS) is 12.5. The van der Waals surface area contributed by atoms with Crippen LogP contribution in [0.2, 0.25) is 0 Å². The summed E-state index contributed by atoms with van der Waals surface area (Å²) in [6.07, 6.45) is 0.833. The van der Waals surface area contributed by atoms with E-state index in [9.17, 15) is 9.90 Å². The molecule has 0 aliphatic rings. The van der Waals surface area contributed by atoms with Gasteiger partial charge in [-0.25, -0.2) is 9.78 Å². The van der Waals surface area contributed by atoms with Gasteiger partial charge in [-0.15, -0.1) is 0 Å². The second-order valence-electron chi connectivity index (χ2n) is 8.84. The number of aromatic nitrogens is 1. The Morgan fingerprint density at radius 3 is 2.60 bits per heavy atom. The minimum absolute atomic E-state index is 0.0325. The van der Waals surface area contributed by atoms with E-state index < -0.39 is 11.6 Å². The van der Waals surface area contributed by atoms with Gasteiger partial charge < -0.3 is 24.3 Å². The van der Waals surface area contributed by atoms with Gasteiger partial charge in [-0.1, -0.05) is 37.3 Å². The van der Waals surface area contributed by atoms with Gasteiger partial charge in [-0.2, -0.15) is 0 Å². The molecule has 7 nitrogen and oxygen atoms in total. The highest BCUT2D eigenvalue weighted by molar-refractivity contribution is 5.77. The van der Waals surface area contributed by atoms with Gasteiger partial charge >= 0.3 is 5.97 Å². The number of methoxy groups -OCH3 is 1. The maximum absolute atomic E-state index is 11.5. The average Bonchev–Trinajstić information content (AvgIpc) is 3.28. The highest BCUT2D eigenvalue weighted by Crippen LogP contribution is 2.31. The lowest BCUT2D eigenvalue weighted by atomic mass is 10.0. The lowest BCUT2D eigenvalue weighted by Crippen LogP contribution is -2.37. The van der Waals surface area contributed by atoms with Crippen LogP contribution in [0.5, 0.6) is 11.5 Å². The first-order chi connectivity index (χ1) is 16.8. The van der Waals surface area contributed by atoms with Gasteiger partial charge in [-0.05, 0) is 67.8 Å². The van der Waals surface area contributed by atoms with Crippen LogP contribution in [0, 0.1) is 0 Å². The Hall–Kier alpha value is -3.84. The van der Waals surface area contributed by atoms with Crippen LogP contribution in [0.3, 0.4) is 0 Å². The highest BCUT2D eigenvalue weighted by Gasteiger charge is 2.29. The summed E-state index contributed by atoms with van der Waals surface area (Å²) in [5.74, 6) is 0.774. The maximum Gasteiger partial charge on any atom is 0.347 e. The van der Waals surface area contributed by atoms with Gasteiger partial charge in [-0.3, -0.25) is 0 Å². The van der Waals surface area contributed by atoms with Crippen molar-refractivity contribution >= 4 is 17.1 Å². The van der Waals surface area contributed by atoms with Crippen LogP contribution < -0.4 is 14.8 Å². The van der Waals surface area contributed by atoms with Crippen molar-refractivity contribution in [1.29, 1.82) is 0 Å². The molecule has 1 heterocycles. The van der Waals surface area contributed by atoms with E-state index in [0.29, 0.717) is 18.2 Å². The molecule has 1 unspecified atom stereocenters. The van der Waals surface area contributed by atoms with E-state index in [1.54, 1.807) is 13.2 Å². The number of fused-ring (bicyclic) bond motifs is 1. The van der Waals surface area contributed by atoms with Crippen LogP contribution >= 0.6 is 0 Å². The fraction of sp³-hybridized carbons (Fsp3) is 0.286. The van der Waals surface area contributed by atoms with Gasteiger partial charge in [0.25, 0.3) is 0 Å². The van der Waals surface area contributed by atoms with Crippen LogP contribution in [0.25, 0.3) is 22.6 Å². The monoisotopic (exact) mass is 474 g/mol. The second kappa shape index (κ2) is 10.2. The zero-order valence-electron chi connectivity index (χ0n) is 20.4. The standard InChI is InChI=1S/C28H30N2O5/c1-5-23(18-9-8-10-21(15-18)35-28(2,3)27(31)32)29-17-19-13-14-20(33-4)16-22(19)26-30-24-11-6-7-12-25(24)34-26/h6-16,23,29H,5,17H2,1-4H3,(H,31,32). The Balaban J connectivity index is 1.58. The minimum Gasteiger partial charge on any atom is -0.497 e. The molecular formula is C28H30N2O5. The number of nitrogens with zero attached hydrogens (tertiary/aromatic N) is 1. The lowest BCUT2D eigenvalue weighted by Gasteiger charge is -2.23. The van der Waals surface area contributed by atoms with Crippen molar-refractivity contribution in [3.8, 4) is 23.0 Å². The number of oxazole rings is 1. The zero-order chi connectivity index (χ0) is 25.0. The molecule has 0 saturated heterocycles. The number of hydrogen-bond acceptors (Lipinski definition) is 6. The van der Waals surface area contributed by atoms with Crippen molar-refractivity contribution < 1.29 is 23.8 Å². The number of aliphatic carboxylic acids is 1. The van der Waals surface area contributed by atoms with Gasteiger partial charge in [0, 0.05) is 18.2 Å². The topological polar surface area (TPSA) is 93.8 Å². The molecule has 0 aliphatic carbocycles. The molecule has 4 rings (SSSR count). The third-order valence-electron chi connectivity index (χ3n) is 5.94. The molecule has 0 amide bonds. The Kier molecular flexibility index (Phi) is 7.07. The molecule has 1 aromatic heterocycles. The predicted molar refractivity (Wildman–Crippen MR) is 135 cm³/mol. The van der Waals surface area contributed by atoms with E-state index in [0.717, 1.165) is 40.0 Å². The third kappa shape index (κ3) is 5.46. The summed E-state index contributed by atoms with van der Waals surface area (Å²) in [4.78, 5) is 16.1. The van der Waals surface area contributed by atoms with Crippen LogP contribution in [0.4, 0.5) is 0 Å². The first-order valence-corrected chi connectivity index (χ1v) is 11.6. The van der Waals surface area contributed by atoms with Crippen LogP contribution in [-0.4, -0.2) is 28.8 Å². The largest absolute Gasteiger partial charge is 0.497 e. The Labute approximate surface area is 204 Å². The molecule has 0 spiro atoms. The minimum atomic E-state index is -1.31. The second-order valence-corrected chi connectivity index (χ2v) is 8.84. The molecule has 0 fully saturated rings. The number of benzene rings is 3. The summed E-state index contributed by atoms with van der Waals surface area (Å²) in [5.41, 5.74) is 3.13. The van der Waals surface area contributed by atoms with Gasteiger partial charge in [0.05, 0.1) is 7.11 Å². The van der Waals surface area contributed by atoms with E-state index in [1.807, 2.05) is 60.7 Å². The number of nitrogens with one attached hydrogen (secondary N) is 1. The fourth-order valence-electron chi connectivity index (χ4n) is 3.89. The maximum atomic E-state index is 11.5. The van der Waals surface area contributed by atoms with E-state index in [2.05, 4.69) is 17.2 Å². The van der Waals surface area contributed by atoms with Crippen molar-refractivity contribution in [2.75, 3.05) is 7.11 Å². The molecule has 182 valence electrons. The van der Waals surface area contributed by atoms with Crippen molar-refractivity contribution in [3.63, 3.8) is 0 Å². The molecule has 4 aromatic rings. The fourth-order valence-corrected chi connectivity index (χ4v) is 3.89. The van der Waals surface area contributed by atoms with Crippen LogP contribution in [0.15, 0.2) is 71.1 Å². The van der Waals surface area contributed by atoms with Gasteiger partial charge in [0.2, 0.25) is 5.89 Å². The van der Waals surface area contributed by atoms with Crippen molar-refractivity contribution in [2.45, 2.75) is 45.4 Å². The predicted octanol–water partition coefficient (Wildman–Crippen LogP) is 5.99. The van der Waals surface area contributed by atoms with E-state index >= 15 is 0 Å². The molecule has 35 heavy (non-hydrogen) atoms. The summed E-state index contributed by atoms with van der Waals surface area (Å²) in [6, 6.07) is 21.1. The van der Waals surface area contributed by atoms with Crippen molar-refractivity contribution in [3.05, 3.63) is 77.9 Å². The highest BCUT2D eigenvalue weighted by atomic mass is 16.5. The Morgan fingerprint density at radius 1 is 1.09 bits per heavy atom. The average molecular weight is 475 g/mol. The summed E-state index contributed by atoms with van der Waals surface area (Å²) in [6.45, 7) is 5.74. The summed E-state index contributed by atoms with van der Waals surface area (Å²) >= 11 is 0. The third-order valence-corrected chi connectivity index (χ3v) is 5.94. The summed E-state index contributed by atoms with van der Waals surface area (Å²) < 4.78 is 17.2. The van der Waals surface area contributed by atoms with E-state index in [1.165, 1.54) is 13.8 Å². The number of ether oxygens (including phenoxy) is 2. The van der Waals surface area contributed by atoms with E-state index in [-0.39, 0.29) is 6.04 Å². The SMILES string of the molecule is CCC(NCc1ccc(OC)cc1-c1nc2ccccc2o1)c1cccc(OC(C)(C)C(=O)O)c1. The molecule has 0 radical (unpaired) electrons. The van der Waals surface area contributed by atoms with Gasteiger partial charge in [0.15, 0.2) is 11.2 Å². The molecule has 0 aliphatic heterocycles. The zero-order valence-corrected chi connectivity index (χ0v) is 20.4. The summed E-state index contributed by atoms with van der Waals surface area (Å²) in [7, 11) is 1.64. The number of carbonyl (C=O) groups is 1. The molecule has 0 saturated carbocycles. The first-order valence-electron chi connectivity index (χ1n) is 11.6. The number of carboxylic acid groups (broad SMARTS) is 1. The van der Waals surface area contributed by atoms with E-state index in [4.69, 9.17) is 13.9 Å². The van der Waals surface area contributed by atoms with Crippen LogP contribution in [-0.2, 0) is 11.3 Å². The molecule has 0 bridgehead atoms. The quantitative estimate of drug-likeness (QED) is 0.292. The molecule has 3 aromatic carbocycles. The Morgan fingerprint density at radius 2 is 1.89 bits per heavy atom. The first kappa shape index (κ1) is 24.3. The molecule has 2 N–H and O–H groups in total.